The summed E-state index contributed by atoms with van der Waals surface area (Å²) in [6, 6.07) is 18.2. The number of benzene rings is 2. The number of furan rings is 1. The first-order chi connectivity index (χ1) is 14.7. The van der Waals surface area contributed by atoms with E-state index in [1.54, 1.807) is 30.5 Å². The largest absolute Gasteiger partial charge is 0.463 e. The third-order valence-electron chi connectivity index (χ3n) is 4.91. The molecular formula is C23H16N2O4S. The van der Waals surface area contributed by atoms with Crippen LogP contribution in [0.4, 0.5) is 5.13 Å². The fraction of sp³-hybridized carbons (Fsp3) is 0.0870. The van der Waals surface area contributed by atoms with Crippen molar-refractivity contribution in [3.05, 3.63) is 94.6 Å². The third kappa shape index (κ3) is 3.51. The molecule has 7 heteroatoms. The predicted octanol–water partition coefficient (Wildman–Crippen LogP) is 5.11. The van der Waals surface area contributed by atoms with Gasteiger partial charge in [-0.3, -0.25) is 10.1 Å². The Hall–Kier alpha value is -3.71. The van der Waals surface area contributed by atoms with Crippen molar-refractivity contribution in [1.82, 2.24) is 4.98 Å². The van der Waals surface area contributed by atoms with Crippen LogP contribution in [0.15, 0.2) is 76.7 Å². The Morgan fingerprint density at radius 3 is 2.77 bits per heavy atom. The lowest BCUT2D eigenvalue weighted by atomic mass is 9.93. The van der Waals surface area contributed by atoms with Crippen LogP contribution in [0.25, 0.3) is 11.5 Å². The van der Waals surface area contributed by atoms with Crippen LogP contribution in [0.2, 0.25) is 0 Å². The van der Waals surface area contributed by atoms with E-state index in [-0.39, 0.29) is 18.0 Å². The summed E-state index contributed by atoms with van der Waals surface area (Å²) >= 11 is 1.32. The van der Waals surface area contributed by atoms with Gasteiger partial charge in [-0.15, -0.1) is 11.3 Å². The molecule has 1 aliphatic rings. The van der Waals surface area contributed by atoms with E-state index in [1.165, 1.54) is 11.3 Å². The van der Waals surface area contributed by atoms with Crippen molar-refractivity contribution in [3.63, 3.8) is 0 Å². The molecule has 0 saturated heterocycles. The number of anilines is 1. The molecule has 1 unspecified atom stereocenters. The molecule has 0 bridgehead atoms. The molecule has 0 radical (unpaired) electrons. The van der Waals surface area contributed by atoms with Gasteiger partial charge in [0.2, 0.25) is 0 Å². The Balaban J connectivity index is 1.36. The van der Waals surface area contributed by atoms with Crippen molar-refractivity contribution < 1.29 is 18.7 Å². The van der Waals surface area contributed by atoms with E-state index in [9.17, 15) is 9.59 Å². The molecule has 0 fully saturated rings. The second-order valence-electron chi connectivity index (χ2n) is 6.85. The summed E-state index contributed by atoms with van der Waals surface area (Å²) in [6.07, 6.45) is 1.74. The zero-order valence-corrected chi connectivity index (χ0v) is 16.5. The van der Waals surface area contributed by atoms with Crippen molar-refractivity contribution in [2.45, 2.75) is 12.5 Å². The topological polar surface area (TPSA) is 81.4 Å². The van der Waals surface area contributed by atoms with Crippen LogP contribution in [0, 0.1) is 0 Å². The maximum absolute atomic E-state index is 12.7. The van der Waals surface area contributed by atoms with Gasteiger partial charge in [0.25, 0.3) is 5.91 Å². The summed E-state index contributed by atoms with van der Waals surface area (Å²) in [5.41, 5.74) is 3.35. The summed E-state index contributed by atoms with van der Waals surface area (Å²) in [6.45, 7) is 0. The second-order valence-corrected chi connectivity index (χ2v) is 7.71. The monoisotopic (exact) mass is 416 g/mol. The van der Waals surface area contributed by atoms with Crippen LogP contribution in [0.5, 0.6) is 0 Å². The van der Waals surface area contributed by atoms with E-state index >= 15 is 0 Å². The molecule has 0 spiro atoms. The van der Waals surface area contributed by atoms with Crippen LogP contribution in [-0.2, 0) is 11.2 Å². The Morgan fingerprint density at radius 2 is 1.97 bits per heavy atom. The molecule has 1 N–H and O–H groups in total. The van der Waals surface area contributed by atoms with Gasteiger partial charge < -0.3 is 9.15 Å². The number of hydrogen-bond donors (Lipinski definition) is 1. The molecule has 6 nitrogen and oxygen atoms in total. The smallest absolute Gasteiger partial charge is 0.339 e. The fourth-order valence-electron chi connectivity index (χ4n) is 3.43. The molecule has 1 aliphatic heterocycles. The van der Waals surface area contributed by atoms with Crippen molar-refractivity contribution >= 4 is 28.3 Å². The number of esters is 1. The molecule has 0 saturated carbocycles. The molecular weight excluding hydrogens is 400 g/mol. The first-order valence-corrected chi connectivity index (χ1v) is 10.2. The van der Waals surface area contributed by atoms with Gasteiger partial charge in [-0.25, -0.2) is 9.78 Å². The number of rotatable bonds is 4. The molecule has 2 aromatic heterocycles. The Labute approximate surface area is 176 Å². The molecule has 2 aromatic carbocycles. The zero-order chi connectivity index (χ0) is 20.5. The Bertz CT molecular complexity index is 1220. The lowest BCUT2D eigenvalue weighted by Gasteiger charge is -2.25. The lowest BCUT2D eigenvalue weighted by molar-refractivity contribution is 0.0252. The van der Waals surface area contributed by atoms with Crippen molar-refractivity contribution in [2.75, 3.05) is 5.32 Å². The number of aromatic nitrogens is 1. The predicted molar refractivity (Wildman–Crippen MR) is 113 cm³/mol. The van der Waals surface area contributed by atoms with E-state index in [2.05, 4.69) is 10.3 Å². The van der Waals surface area contributed by atoms with E-state index in [4.69, 9.17) is 9.15 Å². The molecule has 3 heterocycles. The van der Waals surface area contributed by atoms with Gasteiger partial charge in [0.15, 0.2) is 10.9 Å². The van der Waals surface area contributed by atoms with Gasteiger partial charge in [-0.1, -0.05) is 30.3 Å². The summed E-state index contributed by atoms with van der Waals surface area (Å²) in [4.78, 5) is 29.5. The highest BCUT2D eigenvalue weighted by molar-refractivity contribution is 7.14. The van der Waals surface area contributed by atoms with Gasteiger partial charge in [0.1, 0.15) is 11.8 Å². The minimum atomic E-state index is -0.375. The van der Waals surface area contributed by atoms with Crippen LogP contribution in [0.3, 0.4) is 0 Å². The first kappa shape index (κ1) is 18.3. The SMILES string of the molecule is O=C(Nc1nc(-c2ccco2)cs1)c1ccc2c(c1)CC(c1ccccc1)OC2=O. The Kier molecular flexibility index (Phi) is 4.65. The summed E-state index contributed by atoms with van der Waals surface area (Å²) in [7, 11) is 0. The van der Waals surface area contributed by atoms with Crippen molar-refractivity contribution in [3.8, 4) is 11.5 Å². The quantitative estimate of drug-likeness (QED) is 0.468. The average Bonchev–Trinajstić information content (AvgIpc) is 3.46. The molecule has 0 aliphatic carbocycles. The molecule has 148 valence electrons. The van der Waals surface area contributed by atoms with E-state index in [0.717, 1.165) is 11.1 Å². The molecule has 4 aromatic rings. The minimum absolute atomic E-state index is 0.284. The van der Waals surface area contributed by atoms with Crippen LogP contribution in [0.1, 0.15) is 37.9 Å². The number of thiazole rings is 1. The highest BCUT2D eigenvalue weighted by Gasteiger charge is 2.28. The molecule has 5 rings (SSSR count). The van der Waals surface area contributed by atoms with Crippen molar-refractivity contribution in [2.24, 2.45) is 0 Å². The Morgan fingerprint density at radius 1 is 1.10 bits per heavy atom. The highest BCUT2D eigenvalue weighted by Crippen LogP contribution is 2.31. The number of nitrogens with zero attached hydrogens (tertiary/aromatic N) is 1. The number of hydrogen-bond acceptors (Lipinski definition) is 6. The molecule has 30 heavy (non-hydrogen) atoms. The first-order valence-electron chi connectivity index (χ1n) is 9.37. The van der Waals surface area contributed by atoms with E-state index < -0.39 is 0 Å². The number of cyclic esters (lactones) is 1. The van der Waals surface area contributed by atoms with Gasteiger partial charge in [0.05, 0.1) is 11.8 Å². The molecule has 1 atom stereocenters. The number of amides is 1. The standard InChI is InChI=1S/C23H16N2O4S/c26-21(25-23-24-18(13-30-23)19-7-4-10-28-19)15-8-9-17-16(11-15)12-20(29-22(17)27)14-5-2-1-3-6-14/h1-11,13,20H,12H2,(H,24,25,26). The summed E-state index contributed by atoms with van der Waals surface area (Å²) < 4.78 is 10.9. The number of carbonyl (C=O) groups excluding carboxylic acids is 2. The van der Waals surface area contributed by atoms with Gasteiger partial charge >= 0.3 is 5.97 Å². The maximum atomic E-state index is 12.7. The van der Waals surface area contributed by atoms with Crippen LogP contribution in [-0.4, -0.2) is 16.9 Å². The van der Waals surface area contributed by atoms with Gasteiger partial charge in [-0.05, 0) is 41.5 Å². The van der Waals surface area contributed by atoms with E-state index in [1.807, 2.05) is 41.8 Å². The zero-order valence-electron chi connectivity index (χ0n) is 15.7. The lowest BCUT2D eigenvalue weighted by Crippen LogP contribution is -2.23. The number of carbonyl (C=O) groups is 2. The number of nitrogens with one attached hydrogen (secondary N) is 1. The summed E-state index contributed by atoms with van der Waals surface area (Å²) in [5.74, 6) is -0.0144. The number of ether oxygens (including phenoxy) is 1. The highest BCUT2D eigenvalue weighted by atomic mass is 32.1. The number of fused-ring (bicyclic) bond motifs is 1. The normalized spacial score (nSPS) is 15.3. The second kappa shape index (κ2) is 7.61. The minimum Gasteiger partial charge on any atom is -0.463 e. The van der Waals surface area contributed by atoms with Gasteiger partial charge in [0, 0.05) is 17.4 Å². The van der Waals surface area contributed by atoms with E-state index in [0.29, 0.717) is 34.1 Å². The average molecular weight is 416 g/mol. The van der Waals surface area contributed by atoms with Gasteiger partial charge in [-0.2, -0.15) is 0 Å². The maximum Gasteiger partial charge on any atom is 0.339 e. The van der Waals surface area contributed by atoms with Crippen LogP contribution >= 0.6 is 11.3 Å². The summed E-state index contributed by atoms with van der Waals surface area (Å²) in [5, 5.41) is 5.11. The third-order valence-corrected chi connectivity index (χ3v) is 5.67. The molecule has 1 amide bonds. The van der Waals surface area contributed by atoms with Crippen molar-refractivity contribution in [1.29, 1.82) is 0 Å². The fourth-order valence-corrected chi connectivity index (χ4v) is 4.12. The van der Waals surface area contributed by atoms with Crippen LogP contribution < -0.4 is 5.32 Å².